The normalized spacial score (nSPS) is 11.3. The van der Waals surface area contributed by atoms with E-state index in [4.69, 9.17) is 0 Å². The number of benzene rings is 1. The third-order valence-corrected chi connectivity index (χ3v) is 2.54. The highest BCUT2D eigenvalue weighted by molar-refractivity contribution is 6.24. The predicted octanol–water partition coefficient (Wildman–Crippen LogP) is 3.05. The lowest BCUT2D eigenvalue weighted by atomic mass is 10.0. The van der Waals surface area contributed by atoms with Crippen molar-refractivity contribution in [3.05, 3.63) is 46.5 Å². The fourth-order valence-corrected chi connectivity index (χ4v) is 1.51. The number of rotatable bonds is 6. The maximum Gasteiger partial charge on any atom is 0.345 e. The number of ether oxygens (including phenoxy) is 2. The average Bonchev–Trinajstić information content (AvgIpc) is 2.52. The first-order chi connectivity index (χ1) is 10.8. The van der Waals surface area contributed by atoms with Gasteiger partial charge in [-0.25, -0.2) is 26.7 Å². The van der Waals surface area contributed by atoms with Gasteiger partial charge >= 0.3 is 5.97 Å². The monoisotopic (exact) mass is 338 g/mol. The SMILES string of the molecule is CCOC=C(C(=O)OCC)C(=O)c1c(F)c(F)c(F)c(F)c1F. The molecule has 0 radical (unpaired) electrons. The lowest BCUT2D eigenvalue weighted by Gasteiger charge is -2.10. The van der Waals surface area contributed by atoms with Crippen LogP contribution in [0.5, 0.6) is 0 Å². The van der Waals surface area contributed by atoms with E-state index in [2.05, 4.69) is 9.47 Å². The molecule has 0 saturated heterocycles. The lowest BCUT2D eigenvalue weighted by molar-refractivity contribution is -0.138. The minimum absolute atomic E-state index is 0.0205. The van der Waals surface area contributed by atoms with Crippen LogP contribution < -0.4 is 0 Å². The molecule has 4 nitrogen and oxygen atoms in total. The van der Waals surface area contributed by atoms with Crippen molar-refractivity contribution in [2.24, 2.45) is 0 Å². The average molecular weight is 338 g/mol. The van der Waals surface area contributed by atoms with E-state index in [9.17, 15) is 31.5 Å². The van der Waals surface area contributed by atoms with Gasteiger partial charge in [-0.1, -0.05) is 0 Å². The van der Waals surface area contributed by atoms with Gasteiger partial charge < -0.3 is 9.47 Å². The molecule has 0 aromatic heterocycles. The molecule has 0 aliphatic heterocycles. The van der Waals surface area contributed by atoms with Crippen molar-refractivity contribution in [2.75, 3.05) is 13.2 Å². The minimum Gasteiger partial charge on any atom is -0.500 e. The number of carbonyl (C=O) groups excluding carboxylic acids is 2. The van der Waals surface area contributed by atoms with E-state index in [1.807, 2.05) is 0 Å². The fraction of sp³-hybridized carbons (Fsp3) is 0.286. The molecule has 0 atom stereocenters. The summed E-state index contributed by atoms with van der Waals surface area (Å²) in [5, 5.41) is 0. The molecule has 0 unspecified atom stereocenters. The van der Waals surface area contributed by atoms with Crippen molar-refractivity contribution in [1.29, 1.82) is 0 Å². The summed E-state index contributed by atoms with van der Waals surface area (Å²) in [7, 11) is 0. The molecule has 0 saturated carbocycles. The van der Waals surface area contributed by atoms with Crippen LogP contribution in [0.2, 0.25) is 0 Å². The molecular weight excluding hydrogens is 327 g/mol. The van der Waals surface area contributed by atoms with Crippen LogP contribution >= 0.6 is 0 Å². The van der Waals surface area contributed by atoms with Crippen LogP contribution in [0.25, 0.3) is 0 Å². The summed E-state index contributed by atoms with van der Waals surface area (Å²) in [5.41, 5.74) is -2.77. The molecule has 0 fully saturated rings. The Hall–Kier alpha value is -2.45. The van der Waals surface area contributed by atoms with Crippen LogP contribution in [0.3, 0.4) is 0 Å². The number of ketones is 1. The molecule has 0 bridgehead atoms. The highest BCUT2D eigenvalue weighted by Gasteiger charge is 2.33. The lowest BCUT2D eigenvalue weighted by Crippen LogP contribution is -2.21. The molecule has 0 aliphatic rings. The molecule has 0 N–H and O–H groups in total. The first-order valence-electron chi connectivity index (χ1n) is 6.32. The Morgan fingerprint density at radius 1 is 0.870 bits per heavy atom. The second-order valence-electron chi connectivity index (χ2n) is 3.98. The zero-order valence-electron chi connectivity index (χ0n) is 12.0. The van der Waals surface area contributed by atoms with Crippen LogP contribution in [-0.2, 0) is 14.3 Å². The zero-order valence-corrected chi connectivity index (χ0v) is 12.0. The Kier molecular flexibility index (Phi) is 6.23. The van der Waals surface area contributed by atoms with Gasteiger partial charge in [0.2, 0.25) is 11.6 Å². The van der Waals surface area contributed by atoms with Crippen molar-refractivity contribution in [3.8, 4) is 0 Å². The van der Waals surface area contributed by atoms with Gasteiger partial charge in [0.05, 0.1) is 13.2 Å². The highest BCUT2D eigenvalue weighted by Crippen LogP contribution is 2.25. The van der Waals surface area contributed by atoms with E-state index in [0.29, 0.717) is 6.26 Å². The highest BCUT2D eigenvalue weighted by atomic mass is 19.2. The Morgan fingerprint density at radius 2 is 1.35 bits per heavy atom. The molecule has 23 heavy (non-hydrogen) atoms. The van der Waals surface area contributed by atoms with Crippen molar-refractivity contribution in [2.45, 2.75) is 13.8 Å². The summed E-state index contributed by atoms with van der Waals surface area (Å²) in [6.45, 7) is 2.65. The van der Waals surface area contributed by atoms with Crippen molar-refractivity contribution < 1.29 is 41.0 Å². The van der Waals surface area contributed by atoms with Gasteiger partial charge in [0.1, 0.15) is 17.4 Å². The third kappa shape index (κ3) is 3.66. The third-order valence-electron chi connectivity index (χ3n) is 2.54. The van der Waals surface area contributed by atoms with E-state index < -0.39 is 52.0 Å². The predicted molar refractivity (Wildman–Crippen MR) is 66.9 cm³/mol. The molecule has 0 heterocycles. The molecular formula is C14H11F5O4. The number of Topliss-reactive ketones (excluding diaryl/α,β-unsaturated/α-hetero) is 1. The van der Waals surface area contributed by atoms with Gasteiger partial charge in [-0.3, -0.25) is 4.79 Å². The number of carbonyl (C=O) groups is 2. The largest absolute Gasteiger partial charge is 0.500 e. The zero-order chi connectivity index (χ0) is 17.7. The molecule has 126 valence electrons. The van der Waals surface area contributed by atoms with Gasteiger partial charge in [-0.15, -0.1) is 0 Å². The maximum absolute atomic E-state index is 13.6. The summed E-state index contributed by atoms with van der Waals surface area (Å²) in [4.78, 5) is 23.7. The van der Waals surface area contributed by atoms with Crippen molar-refractivity contribution in [3.63, 3.8) is 0 Å². The van der Waals surface area contributed by atoms with Gasteiger partial charge in [-0.05, 0) is 13.8 Å². The van der Waals surface area contributed by atoms with Crippen LogP contribution in [0.4, 0.5) is 22.0 Å². The Bertz CT molecular complexity index is 641. The molecule has 0 spiro atoms. The molecule has 0 amide bonds. The Labute approximate surface area is 127 Å². The topological polar surface area (TPSA) is 52.6 Å². The number of hydrogen-bond acceptors (Lipinski definition) is 4. The maximum atomic E-state index is 13.6. The van der Waals surface area contributed by atoms with Gasteiger partial charge in [0.15, 0.2) is 23.3 Å². The summed E-state index contributed by atoms with van der Waals surface area (Å²) in [5.74, 6) is -14.8. The Morgan fingerprint density at radius 3 is 1.78 bits per heavy atom. The second kappa shape index (κ2) is 7.70. The van der Waals surface area contributed by atoms with Gasteiger partial charge in [-0.2, -0.15) is 0 Å². The molecule has 1 rings (SSSR count). The fourth-order valence-electron chi connectivity index (χ4n) is 1.51. The van der Waals surface area contributed by atoms with Crippen LogP contribution in [0.1, 0.15) is 24.2 Å². The van der Waals surface area contributed by atoms with Crippen LogP contribution in [0, 0.1) is 29.1 Å². The summed E-state index contributed by atoms with van der Waals surface area (Å²) >= 11 is 0. The van der Waals surface area contributed by atoms with Gasteiger partial charge in [0.25, 0.3) is 0 Å². The van der Waals surface area contributed by atoms with Crippen LogP contribution in [0.15, 0.2) is 11.8 Å². The van der Waals surface area contributed by atoms with Crippen LogP contribution in [-0.4, -0.2) is 25.0 Å². The summed E-state index contributed by atoms with van der Waals surface area (Å²) < 4.78 is 75.7. The van der Waals surface area contributed by atoms with E-state index in [1.165, 1.54) is 13.8 Å². The second-order valence-corrected chi connectivity index (χ2v) is 3.98. The number of esters is 1. The van der Waals surface area contributed by atoms with Crippen molar-refractivity contribution >= 4 is 11.8 Å². The van der Waals surface area contributed by atoms with E-state index >= 15 is 0 Å². The first-order valence-corrected chi connectivity index (χ1v) is 6.32. The smallest absolute Gasteiger partial charge is 0.345 e. The molecule has 1 aromatic rings. The Balaban J connectivity index is 3.49. The quantitative estimate of drug-likeness (QED) is 0.0921. The standard InChI is InChI=1S/C14H11F5O4/c1-3-22-5-6(14(21)23-4-2)13(20)7-8(15)10(17)12(19)11(18)9(7)16/h5H,3-4H2,1-2H3. The summed E-state index contributed by atoms with van der Waals surface area (Å²) in [6, 6.07) is 0. The van der Waals surface area contributed by atoms with E-state index in [-0.39, 0.29) is 13.2 Å². The van der Waals surface area contributed by atoms with E-state index in [0.717, 1.165) is 0 Å². The number of halogens is 5. The van der Waals surface area contributed by atoms with Crippen molar-refractivity contribution in [1.82, 2.24) is 0 Å². The molecule has 9 heteroatoms. The first kappa shape index (κ1) is 18.6. The summed E-state index contributed by atoms with van der Waals surface area (Å²) in [6.07, 6.45) is 0.540. The molecule has 1 aromatic carbocycles. The van der Waals surface area contributed by atoms with Gasteiger partial charge in [0, 0.05) is 0 Å². The number of hydrogen-bond donors (Lipinski definition) is 0. The minimum atomic E-state index is -2.41. The molecule has 0 aliphatic carbocycles. The van der Waals surface area contributed by atoms with E-state index in [1.54, 1.807) is 0 Å².